The van der Waals surface area contributed by atoms with Crippen LogP contribution in [-0.4, -0.2) is 61.7 Å². The minimum Gasteiger partial charge on any atom is -0.390 e. The molecule has 0 aliphatic carbocycles. The van der Waals surface area contributed by atoms with Crippen LogP contribution in [-0.2, 0) is 0 Å². The van der Waals surface area contributed by atoms with Gasteiger partial charge in [0, 0.05) is 26.2 Å². The summed E-state index contributed by atoms with van der Waals surface area (Å²) in [5, 5.41) is 24.8. The summed E-state index contributed by atoms with van der Waals surface area (Å²) in [6.45, 7) is 3.70. The number of aliphatic hydroxyl groups is 2. The fraction of sp³-hybridized carbons (Fsp3) is 1.00. The van der Waals surface area contributed by atoms with Gasteiger partial charge in [-0.25, -0.2) is 0 Å². The molecule has 2 atom stereocenters. The van der Waals surface area contributed by atoms with Gasteiger partial charge in [0.05, 0.1) is 12.2 Å². The molecule has 0 aromatic carbocycles. The first-order valence-electron chi connectivity index (χ1n) is 7.38. The molecule has 0 saturated carbocycles. The number of aliphatic hydroxyl groups excluding tert-OH is 2. The first-order chi connectivity index (χ1) is 9.20. The lowest BCUT2D eigenvalue weighted by molar-refractivity contribution is 0.179. The average Bonchev–Trinajstić information content (AvgIpc) is 2.43. The summed E-state index contributed by atoms with van der Waals surface area (Å²) >= 11 is 0. The first kappa shape index (κ1) is 18.8. The second kappa shape index (κ2) is 14.2. The molecule has 0 spiro atoms. The van der Waals surface area contributed by atoms with Crippen molar-refractivity contribution in [3.05, 3.63) is 0 Å². The molecule has 0 aromatic heterocycles. The van der Waals surface area contributed by atoms with E-state index >= 15 is 0 Å². The smallest absolute Gasteiger partial charge is 0.0786 e. The quantitative estimate of drug-likeness (QED) is 0.221. The molecule has 0 bridgehead atoms. The average molecular weight is 276 g/mol. The molecule has 116 valence electrons. The lowest BCUT2D eigenvalue weighted by atomic mass is 10.1. The van der Waals surface area contributed by atoms with Crippen LogP contribution in [0, 0.1) is 0 Å². The van der Waals surface area contributed by atoms with Crippen LogP contribution in [0.15, 0.2) is 0 Å². The van der Waals surface area contributed by atoms with E-state index in [0.29, 0.717) is 26.2 Å². The van der Waals surface area contributed by atoms with Crippen LogP contribution in [0.5, 0.6) is 0 Å². The van der Waals surface area contributed by atoms with Gasteiger partial charge in [0.15, 0.2) is 0 Å². The largest absolute Gasteiger partial charge is 0.390 e. The van der Waals surface area contributed by atoms with Crippen LogP contribution in [0.2, 0.25) is 0 Å². The Balaban J connectivity index is 3.03. The summed E-state index contributed by atoms with van der Waals surface area (Å²) < 4.78 is 0. The minimum absolute atomic E-state index is 0.318. The van der Waals surface area contributed by atoms with E-state index in [4.69, 9.17) is 11.5 Å². The molecule has 6 heteroatoms. The van der Waals surface area contributed by atoms with Crippen LogP contribution in [0.3, 0.4) is 0 Å². The predicted octanol–water partition coefficient (Wildman–Crippen LogP) is -1.24. The molecule has 0 aliphatic rings. The molecule has 0 aromatic rings. The molecule has 0 fully saturated rings. The van der Waals surface area contributed by atoms with Crippen molar-refractivity contribution in [2.45, 2.75) is 44.3 Å². The zero-order chi connectivity index (χ0) is 14.3. The highest BCUT2D eigenvalue weighted by atomic mass is 16.3. The number of unbranched alkanes of at least 4 members (excludes halogenated alkanes) is 4. The van der Waals surface area contributed by atoms with E-state index in [9.17, 15) is 10.2 Å². The monoisotopic (exact) mass is 276 g/mol. The maximum atomic E-state index is 9.22. The van der Waals surface area contributed by atoms with Crippen LogP contribution >= 0.6 is 0 Å². The molecular weight excluding hydrogens is 244 g/mol. The van der Waals surface area contributed by atoms with Crippen molar-refractivity contribution in [1.82, 2.24) is 10.6 Å². The van der Waals surface area contributed by atoms with Crippen molar-refractivity contribution in [3.8, 4) is 0 Å². The second-order valence-electron chi connectivity index (χ2n) is 4.96. The van der Waals surface area contributed by atoms with Gasteiger partial charge in [-0.2, -0.15) is 0 Å². The lowest BCUT2D eigenvalue weighted by Gasteiger charge is -2.09. The van der Waals surface area contributed by atoms with Gasteiger partial charge in [0.25, 0.3) is 0 Å². The Morgan fingerprint density at radius 2 is 1.05 bits per heavy atom. The fourth-order valence-electron chi connectivity index (χ4n) is 1.73. The van der Waals surface area contributed by atoms with E-state index in [1.54, 1.807) is 0 Å². The Morgan fingerprint density at radius 1 is 0.684 bits per heavy atom. The van der Waals surface area contributed by atoms with Gasteiger partial charge in [-0.3, -0.25) is 0 Å². The summed E-state index contributed by atoms with van der Waals surface area (Å²) in [7, 11) is 0. The lowest BCUT2D eigenvalue weighted by Crippen LogP contribution is -2.33. The van der Waals surface area contributed by atoms with Crippen LogP contribution in [0.4, 0.5) is 0 Å². The second-order valence-corrected chi connectivity index (χ2v) is 4.96. The molecule has 0 heterocycles. The Labute approximate surface area is 116 Å². The molecule has 0 radical (unpaired) electrons. The molecule has 6 nitrogen and oxygen atoms in total. The molecule has 0 aliphatic heterocycles. The summed E-state index contributed by atoms with van der Waals surface area (Å²) in [6.07, 6.45) is 5.06. The highest BCUT2D eigenvalue weighted by molar-refractivity contribution is 4.60. The number of nitrogens with two attached hydrogens (primary N) is 2. The summed E-state index contributed by atoms with van der Waals surface area (Å²) in [4.78, 5) is 0. The van der Waals surface area contributed by atoms with Crippen molar-refractivity contribution in [3.63, 3.8) is 0 Å². The maximum Gasteiger partial charge on any atom is 0.0786 e. The van der Waals surface area contributed by atoms with Crippen LogP contribution < -0.4 is 22.1 Å². The van der Waals surface area contributed by atoms with Crippen LogP contribution in [0.25, 0.3) is 0 Å². The van der Waals surface area contributed by atoms with Gasteiger partial charge in [-0.15, -0.1) is 0 Å². The fourth-order valence-corrected chi connectivity index (χ4v) is 1.73. The van der Waals surface area contributed by atoms with Gasteiger partial charge >= 0.3 is 0 Å². The van der Waals surface area contributed by atoms with E-state index in [1.165, 1.54) is 19.3 Å². The van der Waals surface area contributed by atoms with E-state index in [1.807, 2.05) is 0 Å². The number of nitrogens with one attached hydrogen (secondary N) is 2. The van der Waals surface area contributed by atoms with Gasteiger partial charge in [-0.05, 0) is 25.9 Å². The number of hydrogen-bond donors (Lipinski definition) is 6. The molecule has 19 heavy (non-hydrogen) atoms. The predicted molar refractivity (Wildman–Crippen MR) is 78.9 cm³/mol. The SMILES string of the molecule is NC[C@@H](O)CNCCCCCCCNC[C@H](O)CN. The maximum absolute atomic E-state index is 9.22. The molecule has 0 unspecified atom stereocenters. The molecule has 8 N–H and O–H groups in total. The van der Waals surface area contributed by atoms with Gasteiger partial charge in [0.1, 0.15) is 0 Å². The highest BCUT2D eigenvalue weighted by Crippen LogP contribution is 2.01. The summed E-state index contributed by atoms with van der Waals surface area (Å²) in [5.41, 5.74) is 10.6. The third-order valence-electron chi connectivity index (χ3n) is 3.01. The van der Waals surface area contributed by atoms with Gasteiger partial charge in [0.2, 0.25) is 0 Å². The first-order valence-corrected chi connectivity index (χ1v) is 7.38. The minimum atomic E-state index is -0.421. The Morgan fingerprint density at radius 3 is 1.42 bits per heavy atom. The van der Waals surface area contributed by atoms with Crippen molar-refractivity contribution in [1.29, 1.82) is 0 Å². The Hall–Kier alpha value is -0.240. The molecule has 0 saturated heterocycles. The zero-order valence-corrected chi connectivity index (χ0v) is 12.0. The third-order valence-corrected chi connectivity index (χ3v) is 3.01. The van der Waals surface area contributed by atoms with Gasteiger partial charge < -0.3 is 32.3 Å². The van der Waals surface area contributed by atoms with E-state index in [2.05, 4.69) is 10.6 Å². The standard InChI is InChI=1S/C13H32N4O2/c14-8-12(18)10-16-6-4-2-1-3-5-7-17-11-13(19)9-15/h12-13,16-19H,1-11,14-15H2/t12-,13-/m1/s1. The highest BCUT2D eigenvalue weighted by Gasteiger charge is 1.99. The normalized spacial score (nSPS) is 14.5. The Kier molecular flexibility index (Phi) is 14.0. The van der Waals surface area contributed by atoms with E-state index in [-0.39, 0.29) is 0 Å². The molecular formula is C13H32N4O2. The van der Waals surface area contributed by atoms with E-state index in [0.717, 1.165) is 25.9 Å². The number of rotatable bonds is 14. The molecule has 0 rings (SSSR count). The van der Waals surface area contributed by atoms with E-state index < -0.39 is 12.2 Å². The Bertz CT molecular complexity index is 166. The summed E-state index contributed by atoms with van der Waals surface area (Å²) in [5.74, 6) is 0. The van der Waals surface area contributed by atoms with Crippen LogP contribution in [0.1, 0.15) is 32.1 Å². The van der Waals surface area contributed by atoms with Crippen molar-refractivity contribution < 1.29 is 10.2 Å². The molecule has 0 amide bonds. The van der Waals surface area contributed by atoms with Crippen molar-refractivity contribution in [2.24, 2.45) is 11.5 Å². The number of hydrogen-bond acceptors (Lipinski definition) is 6. The van der Waals surface area contributed by atoms with Gasteiger partial charge in [-0.1, -0.05) is 19.3 Å². The summed E-state index contributed by atoms with van der Waals surface area (Å²) in [6, 6.07) is 0. The third kappa shape index (κ3) is 14.0. The van der Waals surface area contributed by atoms with Crippen molar-refractivity contribution >= 4 is 0 Å². The van der Waals surface area contributed by atoms with Crippen molar-refractivity contribution in [2.75, 3.05) is 39.3 Å². The zero-order valence-electron chi connectivity index (χ0n) is 12.0. The topological polar surface area (TPSA) is 117 Å².